The molecule has 0 atom stereocenters. The van der Waals surface area contributed by atoms with Crippen molar-refractivity contribution in [3.05, 3.63) is 64.7 Å². The van der Waals surface area contributed by atoms with Gasteiger partial charge in [-0.15, -0.1) is 0 Å². The van der Waals surface area contributed by atoms with E-state index in [1.54, 1.807) is 12.1 Å². The van der Waals surface area contributed by atoms with Gasteiger partial charge in [-0.05, 0) is 23.3 Å². The van der Waals surface area contributed by atoms with E-state index in [1.165, 1.54) is 5.56 Å². The molecule has 0 spiro atoms. The van der Waals surface area contributed by atoms with Gasteiger partial charge < -0.3 is 10.8 Å². The molecule has 0 heterocycles. The zero-order chi connectivity index (χ0) is 14.4. The predicted octanol–water partition coefficient (Wildman–Crippen LogP) is 3.01. The topological polar surface area (TPSA) is 49.5 Å². The lowest BCUT2D eigenvalue weighted by atomic mass is 10.1. The van der Waals surface area contributed by atoms with Crippen molar-refractivity contribution < 1.29 is 5.11 Å². The van der Waals surface area contributed by atoms with Crippen LogP contribution in [0.3, 0.4) is 0 Å². The fraction of sp³-hybridized carbons (Fsp3) is 0.250. The first-order chi connectivity index (χ1) is 9.69. The number of hydrogen-bond donors (Lipinski definition) is 2. The summed E-state index contributed by atoms with van der Waals surface area (Å²) in [6.45, 7) is 3.02. The molecule has 0 aliphatic carbocycles. The Balaban J connectivity index is 2.06. The van der Waals surface area contributed by atoms with Crippen molar-refractivity contribution >= 4 is 11.6 Å². The molecule has 0 radical (unpaired) electrons. The Bertz CT molecular complexity index is 545. The van der Waals surface area contributed by atoms with Gasteiger partial charge in [0, 0.05) is 26.2 Å². The quantitative estimate of drug-likeness (QED) is 0.860. The fourth-order valence-electron chi connectivity index (χ4n) is 2.15. The summed E-state index contributed by atoms with van der Waals surface area (Å²) in [5, 5.41) is 9.84. The monoisotopic (exact) mass is 290 g/mol. The van der Waals surface area contributed by atoms with Crippen LogP contribution in [0.25, 0.3) is 0 Å². The fourth-order valence-corrected chi connectivity index (χ4v) is 2.35. The summed E-state index contributed by atoms with van der Waals surface area (Å²) in [6, 6.07) is 15.6. The Morgan fingerprint density at radius 1 is 1.00 bits per heavy atom. The summed E-state index contributed by atoms with van der Waals surface area (Å²) in [4.78, 5) is 2.26. The Hall–Kier alpha value is -1.55. The number of nitrogens with zero attached hydrogens (tertiary/aromatic N) is 1. The van der Waals surface area contributed by atoms with Gasteiger partial charge in [-0.3, -0.25) is 4.90 Å². The summed E-state index contributed by atoms with van der Waals surface area (Å²) in [5.41, 5.74) is 8.01. The minimum absolute atomic E-state index is 0.115. The molecule has 106 valence electrons. The van der Waals surface area contributed by atoms with Crippen molar-refractivity contribution in [2.75, 3.05) is 13.1 Å². The number of phenols is 1. The number of phenolic OH excluding ortho intramolecular Hbond substituents is 1. The van der Waals surface area contributed by atoms with Crippen LogP contribution in [0.1, 0.15) is 11.1 Å². The second kappa shape index (κ2) is 7.29. The number of rotatable bonds is 6. The second-order valence-corrected chi connectivity index (χ2v) is 5.18. The molecule has 20 heavy (non-hydrogen) atoms. The average molecular weight is 291 g/mol. The summed E-state index contributed by atoms with van der Waals surface area (Å²) >= 11 is 5.94. The standard InChI is InChI=1S/C16H19ClN2O/c17-15-10-14(6-7-16(15)20)12-19(9-8-18)11-13-4-2-1-3-5-13/h1-7,10,20H,8-9,11-12,18H2. The summed E-state index contributed by atoms with van der Waals surface area (Å²) in [6.07, 6.45) is 0. The maximum Gasteiger partial charge on any atom is 0.134 e. The van der Waals surface area contributed by atoms with Gasteiger partial charge in [-0.2, -0.15) is 0 Å². The SMILES string of the molecule is NCCN(Cc1ccccc1)Cc1ccc(O)c(Cl)c1. The number of benzene rings is 2. The molecular formula is C16H19ClN2O. The summed E-state index contributed by atoms with van der Waals surface area (Å²) in [7, 11) is 0. The molecule has 0 aliphatic rings. The number of halogens is 1. The van der Waals surface area contributed by atoms with Crippen molar-refractivity contribution in [1.82, 2.24) is 4.90 Å². The molecule has 0 saturated heterocycles. The van der Waals surface area contributed by atoms with Crippen LogP contribution >= 0.6 is 11.6 Å². The molecule has 2 aromatic carbocycles. The smallest absolute Gasteiger partial charge is 0.134 e. The molecule has 0 unspecified atom stereocenters. The second-order valence-electron chi connectivity index (χ2n) is 4.77. The van der Waals surface area contributed by atoms with E-state index >= 15 is 0 Å². The largest absolute Gasteiger partial charge is 0.506 e. The molecule has 2 rings (SSSR count). The minimum atomic E-state index is 0.115. The molecule has 2 aromatic rings. The summed E-state index contributed by atoms with van der Waals surface area (Å²) in [5.74, 6) is 0.115. The molecule has 0 fully saturated rings. The van der Waals surface area contributed by atoms with Gasteiger partial charge in [-0.1, -0.05) is 48.0 Å². The normalized spacial score (nSPS) is 10.9. The lowest BCUT2D eigenvalue weighted by Crippen LogP contribution is -2.28. The van der Waals surface area contributed by atoms with E-state index in [1.807, 2.05) is 24.3 Å². The van der Waals surface area contributed by atoms with E-state index in [-0.39, 0.29) is 5.75 Å². The molecule has 0 aliphatic heterocycles. The zero-order valence-electron chi connectivity index (χ0n) is 11.3. The van der Waals surface area contributed by atoms with Crippen molar-refractivity contribution in [2.24, 2.45) is 5.73 Å². The first kappa shape index (κ1) is 14.9. The van der Waals surface area contributed by atoms with Crippen LogP contribution in [0.2, 0.25) is 5.02 Å². The Morgan fingerprint density at radius 3 is 2.35 bits per heavy atom. The molecule has 3 N–H and O–H groups in total. The minimum Gasteiger partial charge on any atom is -0.506 e. The first-order valence-electron chi connectivity index (χ1n) is 6.63. The molecule has 0 saturated carbocycles. The van der Waals surface area contributed by atoms with Crippen molar-refractivity contribution in [3.8, 4) is 5.75 Å². The van der Waals surface area contributed by atoms with Gasteiger partial charge in [-0.25, -0.2) is 0 Å². The number of aromatic hydroxyl groups is 1. The highest BCUT2D eigenvalue weighted by Crippen LogP contribution is 2.24. The van der Waals surface area contributed by atoms with Gasteiger partial charge in [0.05, 0.1) is 5.02 Å². The third-order valence-corrected chi connectivity index (χ3v) is 3.42. The van der Waals surface area contributed by atoms with Crippen LogP contribution in [0, 0.1) is 0 Å². The van der Waals surface area contributed by atoms with Crippen LogP contribution in [0.4, 0.5) is 0 Å². The van der Waals surface area contributed by atoms with E-state index in [2.05, 4.69) is 17.0 Å². The summed E-state index contributed by atoms with van der Waals surface area (Å²) < 4.78 is 0. The van der Waals surface area contributed by atoms with Gasteiger partial charge in [0.2, 0.25) is 0 Å². The zero-order valence-corrected chi connectivity index (χ0v) is 12.1. The van der Waals surface area contributed by atoms with E-state index in [9.17, 15) is 5.11 Å². The maximum absolute atomic E-state index is 9.45. The molecule has 0 amide bonds. The lowest BCUT2D eigenvalue weighted by molar-refractivity contribution is 0.264. The molecule has 0 aromatic heterocycles. The molecule has 4 heteroatoms. The van der Waals surface area contributed by atoms with Gasteiger partial charge in [0.15, 0.2) is 0 Å². The van der Waals surface area contributed by atoms with Gasteiger partial charge in [0.1, 0.15) is 5.75 Å². The van der Waals surface area contributed by atoms with Crippen LogP contribution in [-0.4, -0.2) is 23.1 Å². The maximum atomic E-state index is 9.45. The van der Waals surface area contributed by atoms with Crippen molar-refractivity contribution in [3.63, 3.8) is 0 Å². The lowest BCUT2D eigenvalue weighted by Gasteiger charge is -2.22. The van der Waals surface area contributed by atoms with E-state index < -0.39 is 0 Å². The highest BCUT2D eigenvalue weighted by atomic mass is 35.5. The van der Waals surface area contributed by atoms with E-state index in [0.29, 0.717) is 11.6 Å². The number of nitrogens with two attached hydrogens (primary N) is 1. The average Bonchev–Trinajstić information content (AvgIpc) is 2.44. The van der Waals surface area contributed by atoms with Gasteiger partial charge >= 0.3 is 0 Å². The van der Waals surface area contributed by atoms with Crippen LogP contribution in [0.15, 0.2) is 48.5 Å². The molecule has 3 nitrogen and oxygen atoms in total. The van der Waals surface area contributed by atoms with Crippen LogP contribution in [-0.2, 0) is 13.1 Å². The first-order valence-corrected chi connectivity index (χ1v) is 7.00. The van der Waals surface area contributed by atoms with Crippen molar-refractivity contribution in [1.29, 1.82) is 0 Å². The Labute approximate surface area is 124 Å². The third-order valence-electron chi connectivity index (χ3n) is 3.11. The molecular weight excluding hydrogens is 272 g/mol. The van der Waals surface area contributed by atoms with E-state index in [0.717, 1.165) is 25.2 Å². The van der Waals surface area contributed by atoms with E-state index in [4.69, 9.17) is 17.3 Å². The van der Waals surface area contributed by atoms with Crippen LogP contribution < -0.4 is 5.73 Å². The Kier molecular flexibility index (Phi) is 5.41. The highest BCUT2D eigenvalue weighted by molar-refractivity contribution is 6.32. The van der Waals surface area contributed by atoms with Crippen LogP contribution in [0.5, 0.6) is 5.75 Å². The molecule has 0 bridgehead atoms. The number of hydrogen-bond acceptors (Lipinski definition) is 3. The highest BCUT2D eigenvalue weighted by Gasteiger charge is 2.08. The third kappa shape index (κ3) is 4.23. The predicted molar refractivity (Wildman–Crippen MR) is 82.7 cm³/mol. The van der Waals surface area contributed by atoms with Crippen molar-refractivity contribution in [2.45, 2.75) is 13.1 Å². The Morgan fingerprint density at radius 2 is 1.70 bits per heavy atom. The van der Waals surface area contributed by atoms with Gasteiger partial charge in [0.25, 0.3) is 0 Å².